The highest BCUT2D eigenvalue weighted by Gasteiger charge is 2.18. The van der Waals surface area contributed by atoms with E-state index in [1.165, 1.54) is 16.9 Å². The number of carbonyl (C=O) groups is 1. The van der Waals surface area contributed by atoms with E-state index in [1.807, 2.05) is 38.1 Å². The molecule has 1 heterocycles. The zero-order valence-electron chi connectivity index (χ0n) is 11.3. The summed E-state index contributed by atoms with van der Waals surface area (Å²) in [4.78, 5) is 16.2. The van der Waals surface area contributed by atoms with E-state index in [4.69, 9.17) is 5.73 Å². The number of benzene rings is 2. The molecule has 0 radical (unpaired) electrons. The van der Waals surface area contributed by atoms with Crippen LogP contribution in [0.4, 0.5) is 0 Å². The summed E-state index contributed by atoms with van der Waals surface area (Å²) in [5.74, 6) is -0.430. The average molecular weight is 282 g/mol. The fourth-order valence-corrected chi connectivity index (χ4v) is 3.24. The molecule has 100 valence electrons. The first-order valence-corrected chi connectivity index (χ1v) is 7.19. The van der Waals surface area contributed by atoms with Crippen molar-refractivity contribution in [2.45, 2.75) is 13.8 Å². The Kier molecular flexibility index (Phi) is 3.03. The molecule has 0 spiro atoms. The monoisotopic (exact) mass is 282 g/mol. The number of hydrogen-bond acceptors (Lipinski definition) is 3. The van der Waals surface area contributed by atoms with Crippen molar-refractivity contribution in [1.29, 1.82) is 0 Å². The van der Waals surface area contributed by atoms with Crippen LogP contribution < -0.4 is 5.73 Å². The minimum absolute atomic E-state index is 0.430. The lowest BCUT2D eigenvalue weighted by Crippen LogP contribution is -2.14. The van der Waals surface area contributed by atoms with Crippen molar-refractivity contribution in [3.8, 4) is 11.1 Å². The number of rotatable bonds is 2. The third-order valence-electron chi connectivity index (χ3n) is 3.41. The Labute approximate surface area is 121 Å². The SMILES string of the molecule is Cc1ccc(-c2c(C)cc3scnc3c2C(N)=O)cc1. The third-order valence-corrected chi connectivity index (χ3v) is 4.19. The Morgan fingerprint density at radius 3 is 2.55 bits per heavy atom. The van der Waals surface area contributed by atoms with Gasteiger partial charge in [-0.25, -0.2) is 4.98 Å². The van der Waals surface area contributed by atoms with Gasteiger partial charge < -0.3 is 5.73 Å². The Morgan fingerprint density at radius 2 is 1.90 bits per heavy atom. The largest absolute Gasteiger partial charge is 0.366 e. The van der Waals surface area contributed by atoms with Gasteiger partial charge in [-0.15, -0.1) is 11.3 Å². The van der Waals surface area contributed by atoms with Crippen molar-refractivity contribution in [3.63, 3.8) is 0 Å². The summed E-state index contributed by atoms with van der Waals surface area (Å²) in [6.07, 6.45) is 0. The second kappa shape index (κ2) is 4.72. The molecule has 0 saturated carbocycles. The van der Waals surface area contributed by atoms with E-state index in [0.717, 1.165) is 21.4 Å². The van der Waals surface area contributed by atoms with Crippen LogP contribution in [0.15, 0.2) is 35.8 Å². The lowest BCUT2D eigenvalue weighted by atomic mass is 9.93. The summed E-state index contributed by atoms with van der Waals surface area (Å²) in [5, 5.41) is 0. The van der Waals surface area contributed by atoms with E-state index < -0.39 is 5.91 Å². The van der Waals surface area contributed by atoms with E-state index in [0.29, 0.717) is 11.1 Å². The van der Waals surface area contributed by atoms with Gasteiger partial charge in [0.05, 0.1) is 21.3 Å². The fourth-order valence-electron chi connectivity index (χ4n) is 2.46. The van der Waals surface area contributed by atoms with Gasteiger partial charge in [-0.05, 0) is 36.6 Å². The van der Waals surface area contributed by atoms with Crippen LogP contribution in [0.1, 0.15) is 21.5 Å². The number of hydrogen-bond donors (Lipinski definition) is 1. The maximum atomic E-state index is 11.9. The Balaban J connectivity index is 2.38. The van der Waals surface area contributed by atoms with Crippen molar-refractivity contribution >= 4 is 27.5 Å². The number of nitrogens with two attached hydrogens (primary N) is 1. The van der Waals surface area contributed by atoms with Gasteiger partial charge in [0, 0.05) is 0 Å². The number of nitrogens with zero attached hydrogens (tertiary/aromatic N) is 1. The van der Waals surface area contributed by atoms with Crippen molar-refractivity contribution < 1.29 is 4.79 Å². The van der Waals surface area contributed by atoms with E-state index in [9.17, 15) is 4.79 Å². The number of aryl methyl sites for hydroxylation is 2. The van der Waals surface area contributed by atoms with Crippen LogP contribution >= 0.6 is 11.3 Å². The summed E-state index contributed by atoms with van der Waals surface area (Å²) >= 11 is 1.52. The van der Waals surface area contributed by atoms with Gasteiger partial charge in [-0.1, -0.05) is 29.8 Å². The summed E-state index contributed by atoms with van der Waals surface area (Å²) in [5.41, 5.74) is 12.7. The quantitative estimate of drug-likeness (QED) is 0.779. The molecule has 0 aliphatic carbocycles. The third kappa shape index (κ3) is 1.98. The molecule has 0 atom stereocenters. The minimum Gasteiger partial charge on any atom is -0.366 e. The predicted molar refractivity (Wildman–Crippen MR) is 83.0 cm³/mol. The Hall–Kier alpha value is -2.20. The molecule has 0 saturated heterocycles. The van der Waals surface area contributed by atoms with E-state index in [1.54, 1.807) is 5.51 Å². The highest BCUT2D eigenvalue weighted by Crippen LogP contribution is 2.34. The summed E-state index contributed by atoms with van der Waals surface area (Å²) in [6.45, 7) is 4.04. The fraction of sp³-hybridized carbons (Fsp3) is 0.125. The second-order valence-electron chi connectivity index (χ2n) is 4.87. The van der Waals surface area contributed by atoms with Crippen LogP contribution in [0.5, 0.6) is 0 Å². The molecule has 2 aromatic carbocycles. The molecule has 3 nitrogen and oxygen atoms in total. The molecule has 0 bridgehead atoms. The minimum atomic E-state index is -0.430. The molecule has 3 rings (SSSR count). The highest BCUT2D eigenvalue weighted by atomic mass is 32.1. The number of amides is 1. The topological polar surface area (TPSA) is 56.0 Å². The standard InChI is InChI=1S/C16H14N2OS/c1-9-3-5-11(6-4-9)13-10(2)7-12-15(18-8-20-12)14(13)16(17)19/h3-8H,1-2H3,(H2,17,19). The first kappa shape index (κ1) is 12.8. The lowest BCUT2D eigenvalue weighted by Gasteiger charge is -2.12. The number of aromatic nitrogens is 1. The molecule has 1 aromatic heterocycles. The zero-order valence-corrected chi connectivity index (χ0v) is 12.1. The lowest BCUT2D eigenvalue weighted by molar-refractivity contribution is 0.100. The van der Waals surface area contributed by atoms with Crippen molar-refractivity contribution in [1.82, 2.24) is 4.98 Å². The molecular formula is C16H14N2OS. The average Bonchev–Trinajstić information content (AvgIpc) is 2.85. The Morgan fingerprint density at radius 1 is 1.20 bits per heavy atom. The first-order chi connectivity index (χ1) is 9.58. The van der Waals surface area contributed by atoms with Crippen molar-refractivity contribution in [3.05, 3.63) is 52.5 Å². The summed E-state index contributed by atoms with van der Waals surface area (Å²) in [7, 11) is 0. The molecule has 3 aromatic rings. The highest BCUT2D eigenvalue weighted by molar-refractivity contribution is 7.16. The summed E-state index contributed by atoms with van der Waals surface area (Å²) in [6, 6.07) is 10.2. The van der Waals surface area contributed by atoms with Gasteiger partial charge in [0.1, 0.15) is 0 Å². The van der Waals surface area contributed by atoms with Crippen LogP contribution in [-0.4, -0.2) is 10.9 Å². The number of carbonyl (C=O) groups excluding carboxylic acids is 1. The van der Waals surface area contributed by atoms with Crippen LogP contribution in [0.2, 0.25) is 0 Å². The Bertz CT molecular complexity index is 803. The van der Waals surface area contributed by atoms with Gasteiger partial charge in [-0.2, -0.15) is 0 Å². The van der Waals surface area contributed by atoms with Crippen molar-refractivity contribution in [2.24, 2.45) is 5.73 Å². The van der Waals surface area contributed by atoms with Crippen LogP contribution in [-0.2, 0) is 0 Å². The molecule has 0 unspecified atom stereocenters. The number of thiazole rings is 1. The molecule has 0 aliphatic heterocycles. The van der Waals surface area contributed by atoms with Crippen molar-refractivity contribution in [2.75, 3.05) is 0 Å². The predicted octanol–water partition coefficient (Wildman–Crippen LogP) is 3.68. The van der Waals surface area contributed by atoms with Gasteiger partial charge in [0.2, 0.25) is 0 Å². The second-order valence-corrected chi connectivity index (χ2v) is 5.76. The zero-order chi connectivity index (χ0) is 14.3. The molecule has 1 amide bonds. The number of fused-ring (bicyclic) bond motifs is 1. The van der Waals surface area contributed by atoms with Gasteiger partial charge in [0.25, 0.3) is 5.91 Å². The molecule has 2 N–H and O–H groups in total. The van der Waals surface area contributed by atoms with E-state index >= 15 is 0 Å². The molecule has 20 heavy (non-hydrogen) atoms. The van der Waals surface area contributed by atoms with Crippen LogP contribution in [0.3, 0.4) is 0 Å². The van der Waals surface area contributed by atoms with E-state index in [-0.39, 0.29) is 0 Å². The maximum Gasteiger partial charge on any atom is 0.251 e. The van der Waals surface area contributed by atoms with Crippen LogP contribution in [0.25, 0.3) is 21.3 Å². The molecule has 0 aliphatic rings. The molecule has 4 heteroatoms. The van der Waals surface area contributed by atoms with Gasteiger partial charge >= 0.3 is 0 Å². The van der Waals surface area contributed by atoms with Gasteiger partial charge in [-0.3, -0.25) is 4.79 Å². The van der Waals surface area contributed by atoms with E-state index in [2.05, 4.69) is 11.1 Å². The number of primary amides is 1. The summed E-state index contributed by atoms with van der Waals surface area (Å²) < 4.78 is 0.993. The smallest absolute Gasteiger partial charge is 0.251 e. The maximum absolute atomic E-state index is 11.9. The normalized spacial score (nSPS) is 10.9. The van der Waals surface area contributed by atoms with Gasteiger partial charge in [0.15, 0.2) is 0 Å². The first-order valence-electron chi connectivity index (χ1n) is 6.31. The molecule has 0 fully saturated rings. The molecular weight excluding hydrogens is 268 g/mol. The van der Waals surface area contributed by atoms with Crippen LogP contribution in [0, 0.1) is 13.8 Å².